The van der Waals surface area contributed by atoms with Crippen LogP contribution in [0.15, 0.2) is 72.3 Å². The second-order valence-electron chi connectivity index (χ2n) is 10.9. The zero-order valence-electron chi connectivity index (χ0n) is 23.9. The molecular formula is C30H36N8O3. The fourth-order valence-corrected chi connectivity index (χ4v) is 4.75. The van der Waals surface area contributed by atoms with E-state index in [-0.39, 0.29) is 18.3 Å². The summed E-state index contributed by atoms with van der Waals surface area (Å²) in [7, 11) is 0. The highest BCUT2D eigenvalue weighted by Gasteiger charge is 2.28. The minimum absolute atomic E-state index is 0.0722. The fourth-order valence-electron chi connectivity index (χ4n) is 4.75. The lowest BCUT2D eigenvalue weighted by Gasteiger charge is -2.35. The smallest absolute Gasteiger partial charge is 0.410 e. The zero-order chi connectivity index (χ0) is 29.0. The number of ether oxygens (including phenoxy) is 1. The molecule has 0 spiro atoms. The van der Waals surface area contributed by atoms with Crippen molar-refractivity contribution in [3.8, 4) is 11.3 Å². The highest BCUT2D eigenvalue weighted by molar-refractivity contribution is 6.12. The van der Waals surface area contributed by atoms with Crippen LogP contribution in [0.25, 0.3) is 11.3 Å². The van der Waals surface area contributed by atoms with Crippen molar-refractivity contribution in [3.05, 3.63) is 78.4 Å². The predicted molar refractivity (Wildman–Crippen MR) is 157 cm³/mol. The van der Waals surface area contributed by atoms with Gasteiger partial charge in [-0.2, -0.15) is 5.10 Å². The van der Waals surface area contributed by atoms with Gasteiger partial charge in [0.1, 0.15) is 5.60 Å². The Bertz CT molecular complexity index is 1440. The Morgan fingerprint density at radius 3 is 2.56 bits per heavy atom. The van der Waals surface area contributed by atoms with Gasteiger partial charge in [-0.25, -0.2) is 9.79 Å². The minimum atomic E-state index is -0.552. The molecule has 5 rings (SSSR count). The Balaban J connectivity index is 1.28. The number of carbonyl (C=O) groups excluding carboxylic acids is 2. The molecule has 2 amide bonds. The van der Waals surface area contributed by atoms with Gasteiger partial charge in [0.05, 0.1) is 17.6 Å². The summed E-state index contributed by atoms with van der Waals surface area (Å²) in [6.07, 6.45) is 8.56. The molecule has 2 aliphatic rings. The number of anilines is 1. The van der Waals surface area contributed by atoms with Gasteiger partial charge < -0.3 is 24.8 Å². The molecule has 3 aromatic rings. The van der Waals surface area contributed by atoms with Crippen molar-refractivity contribution in [2.45, 2.75) is 39.6 Å². The first-order chi connectivity index (χ1) is 19.7. The Morgan fingerprint density at radius 1 is 1.07 bits per heavy atom. The summed E-state index contributed by atoms with van der Waals surface area (Å²) in [6, 6.07) is 11.3. The number of carbonyl (C=O) groups is 2. The maximum Gasteiger partial charge on any atom is 0.410 e. The first kappa shape index (κ1) is 27.9. The summed E-state index contributed by atoms with van der Waals surface area (Å²) in [5.74, 6) is -0.0722. The molecule has 11 nitrogen and oxygen atoms in total. The third-order valence-electron chi connectivity index (χ3n) is 6.85. The van der Waals surface area contributed by atoms with Crippen LogP contribution in [0.3, 0.4) is 0 Å². The van der Waals surface area contributed by atoms with Crippen molar-refractivity contribution in [2.24, 2.45) is 4.99 Å². The van der Waals surface area contributed by atoms with Gasteiger partial charge in [0, 0.05) is 73.7 Å². The number of pyridine rings is 1. The summed E-state index contributed by atoms with van der Waals surface area (Å²) >= 11 is 0. The van der Waals surface area contributed by atoms with E-state index in [0.717, 1.165) is 34.8 Å². The van der Waals surface area contributed by atoms with Gasteiger partial charge >= 0.3 is 6.09 Å². The van der Waals surface area contributed by atoms with Crippen LogP contribution in [-0.2, 0) is 4.74 Å². The number of benzene rings is 1. The second-order valence-corrected chi connectivity index (χ2v) is 10.9. The Kier molecular flexibility index (Phi) is 8.04. The summed E-state index contributed by atoms with van der Waals surface area (Å²) in [5.41, 5.74) is 4.25. The second kappa shape index (κ2) is 11.8. The SMILES string of the molecule is CCN1C=CC(c2cn[nH]c2-c2cccnc2)=NC1Nc1cccc(C(=O)N2CCN(C(=O)OC(C)(C)C)CC2)c1. The lowest BCUT2D eigenvalue weighted by atomic mass is 10.1. The number of nitrogens with zero attached hydrogens (tertiary/aromatic N) is 6. The Labute approximate surface area is 239 Å². The maximum atomic E-state index is 13.3. The maximum absolute atomic E-state index is 13.3. The van der Waals surface area contributed by atoms with E-state index in [2.05, 4.69) is 32.3 Å². The molecule has 11 heteroatoms. The first-order valence-corrected chi connectivity index (χ1v) is 13.8. The number of hydrogen-bond donors (Lipinski definition) is 2. The van der Waals surface area contributed by atoms with Crippen LogP contribution in [0.2, 0.25) is 0 Å². The molecule has 1 aromatic carbocycles. The van der Waals surface area contributed by atoms with Gasteiger partial charge in [-0.15, -0.1) is 0 Å². The average molecular weight is 557 g/mol. The van der Waals surface area contributed by atoms with E-state index in [0.29, 0.717) is 31.7 Å². The van der Waals surface area contributed by atoms with E-state index in [1.54, 1.807) is 28.4 Å². The van der Waals surface area contributed by atoms with Crippen molar-refractivity contribution >= 4 is 23.4 Å². The number of hydrogen-bond acceptors (Lipinski definition) is 8. The van der Waals surface area contributed by atoms with E-state index in [9.17, 15) is 9.59 Å². The molecule has 0 aliphatic carbocycles. The Morgan fingerprint density at radius 2 is 1.85 bits per heavy atom. The van der Waals surface area contributed by atoms with Gasteiger partial charge in [0.15, 0.2) is 6.29 Å². The summed E-state index contributed by atoms with van der Waals surface area (Å²) < 4.78 is 5.47. The molecule has 1 fully saturated rings. The van der Waals surface area contributed by atoms with Gasteiger partial charge in [-0.3, -0.25) is 14.9 Å². The van der Waals surface area contributed by atoms with Gasteiger partial charge in [0.2, 0.25) is 0 Å². The summed E-state index contributed by atoms with van der Waals surface area (Å²) in [6.45, 7) is 10.1. The molecule has 1 saturated heterocycles. The van der Waals surface area contributed by atoms with Crippen LogP contribution >= 0.6 is 0 Å². The van der Waals surface area contributed by atoms with Crippen molar-refractivity contribution in [2.75, 3.05) is 38.0 Å². The van der Waals surface area contributed by atoms with E-state index in [1.807, 2.05) is 69.4 Å². The van der Waals surface area contributed by atoms with Crippen LogP contribution in [0.5, 0.6) is 0 Å². The molecule has 4 heterocycles. The van der Waals surface area contributed by atoms with Gasteiger partial charge in [-0.05, 0) is 64.1 Å². The summed E-state index contributed by atoms with van der Waals surface area (Å²) in [4.78, 5) is 40.5. The van der Waals surface area contributed by atoms with E-state index in [4.69, 9.17) is 9.73 Å². The number of amides is 2. The van der Waals surface area contributed by atoms with Crippen molar-refractivity contribution in [1.29, 1.82) is 0 Å². The normalized spacial score (nSPS) is 17.3. The molecule has 1 unspecified atom stereocenters. The molecule has 2 N–H and O–H groups in total. The van der Waals surface area contributed by atoms with Gasteiger partial charge in [-0.1, -0.05) is 6.07 Å². The number of rotatable bonds is 6. The lowest BCUT2D eigenvalue weighted by Crippen LogP contribution is -2.51. The standard InChI is InChI=1S/C30H36N8O3/c1-5-36-13-11-25(24-20-32-35-26(24)22-9-7-12-31-19-22)34-28(36)33-23-10-6-8-21(18-23)27(39)37-14-16-38(17-15-37)29(40)41-30(2,3)4/h6-13,18-20,28,33H,5,14-17H2,1-4H3,(H,32,35). The van der Waals surface area contributed by atoms with E-state index in [1.165, 1.54) is 0 Å². The summed E-state index contributed by atoms with van der Waals surface area (Å²) in [5, 5.41) is 10.8. The van der Waals surface area contributed by atoms with Crippen LogP contribution in [0.1, 0.15) is 43.6 Å². The van der Waals surface area contributed by atoms with Crippen molar-refractivity contribution in [1.82, 2.24) is 29.9 Å². The Hall–Kier alpha value is -4.67. The first-order valence-electron chi connectivity index (χ1n) is 13.8. The number of aromatic amines is 1. The van der Waals surface area contributed by atoms with Crippen molar-refractivity contribution in [3.63, 3.8) is 0 Å². The third kappa shape index (κ3) is 6.56. The molecular weight excluding hydrogens is 520 g/mol. The zero-order valence-corrected chi connectivity index (χ0v) is 23.9. The quantitative estimate of drug-likeness (QED) is 0.467. The predicted octanol–water partition coefficient (Wildman–Crippen LogP) is 4.20. The monoisotopic (exact) mass is 556 g/mol. The molecule has 0 bridgehead atoms. The van der Waals surface area contributed by atoms with Crippen LogP contribution in [-0.4, -0.2) is 92.2 Å². The van der Waals surface area contributed by atoms with Crippen LogP contribution in [0.4, 0.5) is 10.5 Å². The third-order valence-corrected chi connectivity index (χ3v) is 6.85. The molecule has 2 aliphatic heterocycles. The van der Waals surface area contributed by atoms with E-state index < -0.39 is 5.60 Å². The number of nitrogens with one attached hydrogen (secondary N) is 2. The number of piperazine rings is 1. The minimum Gasteiger partial charge on any atom is -0.444 e. The van der Waals surface area contributed by atoms with E-state index >= 15 is 0 Å². The highest BCUT2D eigenvalue weighted by atomic mass is 16.6. The molecule has 41 heavy (non-hydrogen) atoms. The molecule has 0 radical (unpaired) electrons. The highest BCUT2D eigenvalue weighted by Crippen LogP contribution is 2.24. The van der Waals surface area contributed by atoms with Crippen LogP contribution < -0.4 is 5.32 Å². The topological polar surface area (TPSA) is 119 Å². The average Bonchev–Trinajstić information content (AvgIpc) is 3.47. The number of aromatic nitrogens is 3. The fraction of sp³-hybridized carbons (Fsp3) is 0.367. The molecule has 0 saturated carbocycles. The van der Waals surface area contributed by atoms with Crippen molar-refractivity contribution < 1.29 is 14.3 Å². The number of H-pyrrole nitrogens is 1. The number of allylic oxidation sites excluding steroid dienone is 1. The largest absolute Gasteiger partial charge is 0.444 e. The molecule has 1 atom stereocenters. The molecule has 214 valence electrons. The van der Waals surface area contributed by atoms with Crippen LogP contribution in [0, 0.1) is 0 Å². The number of aliphatic imine (C=N–C) groups is 1. The lowest BCUT2D eigenvalue weighted by molar-refractivity contribution is 0.0141. The molecule has 2 aromatic heterocycles. The van der Waals surface area contributed by atoms with Gasteiger partial charge in [0.25, 0.3) is 5.91 Å².